The van der Waals surface area contributed by atoms with E-state index in [-0.39, 0.29) is 50.6 Å². The first-order valence-electron chi connectivity index (χ1n) is 10.2. The fraction of sp³-hybridized carbons (Fsp3) is 0.800. The first kappa shape index (κ1) is 22.2. The number of hydrogen-bond acceptors (Lipinski definition) is 6. The second kappa shape index (κ2) is 9.89. The molecule has 0 radical (unpaired) electrons. The van der Waals surface area contributed by atoms with Crippen LogP contribution in [0.25, 0.3) is 0 Å². The van der Waals surface area contributed by atoms with Crippen molar-refractivity contribution in [3.8, 4) is 0 Å². The standard InChI is InChI=1S/C20H32N2O6/c23-15(11-19(13-17(25)26)5-1-2-6-19)21-9-10-22-16(24)12-20(14-18(27)28)7-3-4-8-20/h1-14H2,(H,21,23)(H,22,24)(H,25,26)(H,27,28)/p-2. The highest BCUT2D eigenvalue weighted by atomic mass is 16.4. The average molecular weight is 394 g/mol. The zero-order valence-electron chi connectivity index (χ0n) is 16.3. The fourth-order valence-corrected chi connectivity index (χ4v) is 4.90. The molecule has 0 unspecified atom stereocenters. The van der Waals surface area contributed by atoms with Crippen LogP contribution in [-0.2, 0) is 19.2 Å². The molecular weight excluding hydrogens is 364 g/mol. The van der Waals surface area contributed by atoms with E-state index in [0.717, 1.165) is 25.7 Å². The molecular formula is C20H30N2O6-2. The Hall–Kier alpha value is -2.12. The lowest BCUT2D eigenvalue weighted by molar-refractivity contribution is -0.309. The van der Waals surface area contributed by atoms with E-state index in [1.165, 1.54) is 0 Å². The number of carbonyl (C=O) groups excluding carboxylic acids is 4. The minimum atomic E-state index is -1.13. The summed E-state index contributed by atoms with van der Waals surface area (Å²) in [6.45, 7) is 0.499. The van der Waals surface area contributed by atoms with Gasteiger partial charge in [0.15, 0.2) is 0 Å². The summed E-state index contributed by atoms with van der Waals surface area (Å²) in [6.07, 6.45) is 6.65. The third kappa shape index (κ3) is 6.80. The Balaban J connectivity index is 1.70. The highest BCUT2D eigenvalue weighted by Gasteiger charge is 2.37. The van der Waals surface area contributed by atoms with Crippen LogP contribution in [0.5, 0.6) is 0 Å². The van der Waals surface area contributed by atoms with E-state index in [1.807, 2.05) is 0 Å². The number of aliphatic carboxylic acids is 2. The molecule has 0 aromatic carbocycles. The summed E-state index contributed by atoms with van der Waals surface area (Å²) >= 11 is 0. The van der Waals surface area contributed by atoms with Gasteiger partial charge >= 0.3 is 0 Å². The first-order chi connectivity index (χ1) is 13.2. The lowest BCUT2D eigenvalue weighted by Gasteiger charge is -2.29. The van der Waals surface area contributed by atoms with Gasteiger partial charge < -0.3 is 30.4 Å². The van der Waals surface area contributed by atoms with Crippen LogP contribution in [0.4, 0.5) is 0 Å². The van der Waals surface area contributed by atoms with Crippen molar-refractivity contribution in [1.29, 1.82) is 0 Å². The third-order valence-electron chi connectivity index (χ3n) is 6.21. The second-order valence-electron chi connectivity index (χ2n) is 8.57. The van der Waals surface area contributed by atoms with Crippen LogP contribution in [0.15, 0.2) is 0 Å². The molecule has 2 saturated carbocycles. The SMILES string of the molecule is O=C([O-])CC1(CC(=O)NCCNC(=O)CC2(CC(=O)[O-])CCCC2)CCCC1. The van der Waals surface area contributed by atoms with Gasteiger partial charge in [0.05, 0.1) is 0 Å². The van der Waals surface area contributed by atoms with E-state index in [2.05, 4.69) is 10.6 Å². The Morgan fingerprint density at radius 2 is 0.929 bits per heavy atom. The lowest BCUT2D eigenvalue weighted by Crippen LogP contribution is -2.40. The van der Waals surface area contributed by atoms with Gasteiger partial charge in [-0.1, -0.05) is 25.7 Å². The highest BCUT2D eigenvalue weighted by molar-refractivity contribution is 5.79. The van der Waals surface area contributed by atoms with E-state index in [4.69, 9.17) is 0 Å². The van der Waals surface area contributed by atoms with E-state index in [9.17, 15) is 29.4 Å². The van der Waals surface area contributed by atoms with Gasteiger partial charge in [-0.25, -0.2) is 0 Å². The molecule has 0 aliphatic heterocycles. The van der Waals surface area contributed by atoms with Gasteiger partial charge in [0.2, 0.25) is 11.8 Å². The summed E-state index contributed by atoms with van der Waals surface area (Å²) < 4.78 is 0. The van der Waals surface area contributed by atoms with Crippen molar-refractivity contribution in [2.24, 2.45) is 10.8 Å². The van der Waals surface area contributed by atoms with Gasteiger partial charge in [0, 0.05) is 37.9 Å². The molecule has 2 rings (SSSR count). The van der Waals surface area contributed by atoms with E-state index < -0.39 is 22.8 Å². The van der Waals surface area contributed by atoms with Crippen LogP contribution in [0.1, 0.15) is 77.0 Å². The summed E-state index contributed by atoms with van der Waals surface area (Å²) in [5.74, 6) is -2.69. The Morgan fingerprint density at radius 1 is 0.607 bits per heavy atom. The molecule has 2 N–H and O–H groups in total. The van der Waals surface area contributed by atoms with Crippen LogP contribution < -0.4 is 20.8 Å². The molecule has 0 heterocycles. The van der Waals surface area contributed by atoms with Crippen LogP contribution in [0.2, 0.25) is 0 Å². The van der Waals surface area contributed by atoms with Gasteiger partial charge in [-0.15, -0.1) is 0 Å². The normalized spacial score (nSPS) is 19.9. The van der Waals surface area contributed by atoms with Crippen molar-refractivity contribution >= 4 is 23.8 Å². The van der Waals surface area contributed by atoms with E-state index >= 15 is 0 Å². The van der Waals surface area contributed by atoms with Crippen molar-refractivity contribution in [2.45, 2.75) is 77.0 Å². The maximum atomic E-state index is 12.2. The Kier molecular flexibility index (Phi) is 7.83. The molecule has 0 atom stereocenters. The molecule has 0 bridgehead atoms. The molecule has 0 aromatic rings. The van der Waals surface area contributed by atoms with Crippen molar-refractivity contribution in [3.63, 3.8) is 0 Å². The van der Waals surface area contributed by atoms with Gasteiger partial charge in [-0.2, -0.15) is 0 Å². The Morgan fingerprint density at radius 3 is 1.21 bits per heavy atom. The second-order valence-corrected chi connectivity index (χ2v) is 8.57. The smallest absolute Gasteiger partial charge is 0.220 e. The molecule has 8 nitrogen and oxygen atoms in total. The van der Waals surface area contributed by atoms with Crippen LogP contribution in [0, 0.1) is 10.8 Å². The molecule has 2 aliphatic carbocycles. The van der Waals surface area contributed by atoms with Crippen molar-refractivity contribution in [2.75, 3.05) is 13.1 Å². The predicted octanol–water partition coefficient (Wildman–Crippen LogP) is -0.600. The summed E-state index contributed by atoms with van der Waals surface area (Å²) in [6, 6.07) is 0. The monoisotopic (exact) mass is 394 g/mol. The molecule has 2 fully saturated rings. The predicted molar refractivity (Wildman–Crippen MR) is 96.3 cm³/mol. The van der Waals surface area contributed by atoms with Crippen LogP contribution in [0.3, 0.4) is 0 Å². The van der Waals surface area contributed by atoms with Gasteiger partial charge in [-0.3, -0.25) is 9.59 Å². The maximum Gasteiger partial charge on any atom is 0.220 e. The number of nitrogens with one attached hydrogen (secondary N) is 2. The molecule has 2 amide bonds. The van der Waals surface area contributed by atoms with Gasteiger partial charge in [-0.05, 0) is 49.4 Å². The van der Waals surface area contributed by atoms with Crippen molar-refractivity contribution in [3.05, 3.63) is 0 Å². The van der Waals surface area contributed by atoms with E-state index in [1.54, 1.807) is 0 Å². The minimum Gasteiger partial charge on any atom is -0.550 e. The van der Waals surface area contributed by atoms with Gasteiger partial charge in [0.25, 0.3) is 0 Å². The van der Waals surface area contributed by atoms with Crippen LogP contribution >= 0.6 is 0 Å². The van der Waals surface area contributed by atoms with Crippen molar-refractivity contribution < 1.29 is 29.4 Å². The summed E-state index contributed by atoms with van der Waals surface area (Å²) in [4.78, 5) is 46.3. The number of rotatable bonds is 11. The number of carbonyl (C=O) groups is 4. The first-order valence-corrected chi connectivity index (χ1v) is 10.2. The molecule has 0 saturated heterocycles. The summed E-state index contributed by atoms with van der Waals surface area (Å²) in [5, 5.41) is 27.4. The van der Waals surface area contributed by atoms with Crippen molar-refractivity contribution in [1.82, 2.24) is 10.6 Å². The number of amides is 2. The summed E-state index contributed by atoms with van der Waals surface area (Å²) in [7, 11) is 0. The molecule has 0 spiro atoms. The minimum absolute atomic E-state index is 0.0995. The molecule has 158 valence electrons. The molecule has 0 aromatic heterocycles. The number of carboxylic acid groups (broad SMARTS) is 2. The fourth-order valence-electron chi connectivity index (χ4n) is 4.90. The number of hydrogen-bond donors (Lipinski definition) is 2. The third-order valence-corrected chi connectivity index (χ3v) is 6.21. The van der Waals surface area contributed by atoms with E-state index in [0.29, 0.717) is 25.7 Å². The zero-order chi connectivity index (χ0) is 20.6. The Bertz CT molecular complexity index is 540. The molecule has 2 aliphatic rings. The number of carboxylic acids is 2. The zero-order valence-corrected chi connectivity index (χ0v) is 16.3. The largest absolute Gasteiger partial charge is 0.550 e. The summed E-state index contributed by atoms with van der Waals surface area (Å²) in [5.41, 5.74) is -1.02. The molecule has 28 heavy (non-hydrogen) atoms. The average Bonchev–Trinajstić information content (AvgIpc) is 3.20. The quantitative estimate of drug-likeness (QED) is 0.449. The molecule has 8 heteroatoms. The van der Waals surface area contributed by atoms with Crippen LogP contribution in [-0.4, -0.2) is 36.8 Å². The topological polar surface area (TPSA) is 138 Å². The lowest BCUT2D eigenvalue weighted by atomic mass is 9.79. The maximum absolute atomic E-state index is 12.2. The van der Waals surface area contributed by atoms with Gasteiger partial charge in [0.1, 0.15) is 0 Å². The highest BCUT2D eigenvalue weighted by Crippen LogP contribution is 2.44. The Labute approximate surface area is 165 Å².